The second kappa shape index (κ2) is 5.20. The van der Waals surface area contributed by atoms with Crippen LogP contribution in [0.5, 0.6) is 0 Å². The molecule has 0 aromatic rings. The Morgan fingerprint density at radius 3 is 2.80 bits per heavy atom. The summed E-state index contributed by atoms with van der Waals surface area (Å²) in [5.41, 5.74) is -2.04. The quantitative estimate of drug-likeness (QED) is 0.798. The van der Waals surface area contributed by atoms with E-state index in [0.29, 0.717) is 25.8 Å². The molecule has 0 aromatic heterocycles. The molecule has 1 amide bonds. The fourth-order valence-electron chi connectivity index (χ4n) is 2.89. The molecule has 5 heteroatoms. The van der Waals surface area contributed by atoms with Gasteiger partial charge in [-0.15, -0.1) is 0 Å². The lowest BCUT2D eigenvalue weighted by atomic mass is 9.80. The highest BCUT2D eigenvalue weighted by Crippen LogP contribution is 2.34. The van der Waals surface area contributed by atoms with Crippen molar-refractivity contribution in [2.75, 3.05) is 6.54 Å². The molecule has 2 rings (SSSR count). The van der Waals surface area contributed by atoms with Crippen molar-refractivity contribution in [3.8, 4) is 0 Å². The summed E-state index contributed by atoms with van der Waals surface area (Å²) in [6.45, 7) is 5.94. The number of allylic oxidation sites excluding steroid dienone is 1. The number of aliphatic hydroxyl groups is 1. The van der Waals surface area contributed by atoms with Crippen molar-refractivity contribution in [3.05, 3.63) is 12.2 Å². The van der Waals surface area contributed by atoms with Crippen LogP contribution in [0.2, 0.25) is 0 Å². The van der Waals surface area contributed by atoms with Crippen LogP contribution in [0.3, 0.4) is 0 Å². The molecule has 0 bridgehead atoms. The summed E-state index contributed by atoms with van der Waals surface area (Å²) in [5, 5.41) is 10.7. The van der Waals surface area contributed by atoms with Crippen molar-refractivity contribution in [1.29, 1.82) is 0 Å². The van der Waals surface area contributed by atoms with Gasteiger partial charge in [0.05, 0.1) is 6.04 Å². The third-order valence-corrected chi connectivity index (χ3v) is 3.82. The molecule has 1 heterocycles. The van der Waals surface area contributed by atoms with Crippen LogP contribution in [0.1, 0.15) is 46.5 Å². The summed E-state index contributed by atoms with van der Waals surface area (Å²) in [6.07, 6.45) is 5.18. The summed E-state index contributed by atoms with van der Waals surface area (Å²) in [7, 11) is 0. The number of nitrogens with zero attached hydrogens (tertiary/aromatic N) is 1. The van der Waals surface area contributed by atoms with Crippen molar-refractivity contribution < 1.29 is 19.4 Å². The molecular formula is C15H23NO4. The van der Waals surface area contributed by atoms with Crippen molar-refractivity contribution >= 4 is 11.9 Å². The number of hydrogen-bond acceptors (Lipinski definition) is 4. The molecule has 1 saturated heterocycles. The van der Waals surface area contributed by atoms with Gasteiger partial charge in [0, 0.05) is 6.54 Å². The number of likely N-dealkylation sites (tertiary alicyclic amines) is 1. The fraction of sp³-hybridized carbons (Fsp3) is 0.733. The Balaban J connectivity index is 2.17. The number of ether oxygens (including phenoxy) is 1. The maximum absolute atomic E-state index is 12.2. The summed E-state index contributed by atoms with van der Waals surface area (Å²) in [6, 6.07) is -0.477. The van der Waals surface area contributed by atoms with Crippen molar-refractivity contribution in [2.45, 2.75) is 63.7 Å². The van der Waals surface area contributed by atoms with E-state index in [0.717, 1.165) is 6.42 Å². The monoisotopic (exact) mass is 281 g/mol. The third-order valence-electron chi connectivity index (χ3n) is 3.82. The number of hydrogen-bond donors (Lipinski definition) is 1. The first-order chi connectivity index (χ1) is 9.24. The first-order valence-electron chi connectivity index (χ1n) is 7.17. The van der Waals surface area contributed by atoms with Crippen LogP contribution in [0, 0.1) is 0 Å². The summed E-state index contributed by atoms with van der Waals surface area (Å²) in [5.74, 6) is -0.302. The highest BCUT2D eigenvalue weighted by Gasteiger charge is 2.49. The van der Waals surface area contributed by atoms with Gasteiger partial charge >= 0.3 is 6.09 Å². The molecule has 1 N–H and O–H groups in total. The Morgan fingerprint density at radius 2 is 2.20 bits per heavy atom. The molecule has 1 fully saturated rings. The van der Waals surface area contributed by atoms with Gasteiger partial charge in [-0.2, -0.15) is 0 Å². The van der Waals surface area contributed by atoms with E-state index >= 15 is 0 Å². The van der Waals surface area contributed by atoms with Gasteiger partial charge in [0.1, 0.15) is 11.2 Å². The van der Waals surface area contributed by atoms with Crippen LogP contribution in [-0.2, 0) is 9.53 Å². The number of carbonyl (C=O) groups is 2. The van der Waals surface area contributed by atoms with Gasteiger partial charge in [-0.1, -0.05) is 6.08 Å². The Hall–Kier alpha value is -1.36. The normalized spacial score (nSPS) is 30.7. The van der Waals surface area contributed by atoms with Gasteiger partial charge in [-0.25, -0.2) is 4.79 Å². The number of ketones is 1. The summed E-state index contributed by atoms with van der Waals surface area (Å²) >= 11 is 0. The molecule has 20 heavy (non-hydrogen) atoms. The zero-order chi connectivity index (χ0) is 15.0. The van der Waals surface area contributed by atoms with E-state index < -0.39 is 23.3 Å². The van der Waals surface area contributed by atoms with E-state index in [-0.39, 0.29) is 5.78 Å². The lowest BCUT2D eigenvalue weighted by molar-refractivity contribution is -0.140. The molecule has 0 unspecified atom stereocenters. The van der Waals surface area contributed by atoms with Gasteiger partial charge in [-0.05, 0) is 52.5 Å². The van der Waals surface area contributed by atoms with Crippen molar-refractivity contribution in [3.63, 3.8) is 0 Å². The van der Waals surface area contributed by atoms with E-state index in [1.807, 2.05) is 0 Å². The Bertz CT molecular complexity index is 438. The SMILES string of the molecule is CC(C)(C)OC(=O)N1CCC[C@@H]1[C@]1(O)CCC=CC1=O. The highest BCUT2D eigenvalue weighted by molar-refractivity contribution is 5.98. The number of amides is 1. The molecule has 0 spiro atoms. The molecular weight excluding hydrogens is 258 g/mol. The first kappa shape index (κ1) is 15.0. The predicted molar refractivity (Wildman–Crippen MR) is 74.3 cm³/mol. The summed E-state index contributed by atoms with van der Waals surface area (Å²) in [4.78, 5) is 25.8. The fourth-order valence-corrected chi connectivity index (χ4v) is 2.89. The molecule has 0 radical (unpaired) electrons. The predicted octanol–water partition coefficient (Wildman–Crippen LogP) is 2.04. The number of rotatable bonds is 1. The van der Waals surface area contributed by atoms with Crippen molar-refractivity contribution in [1.82, 2.24) is 4.90 Å². The second-order valence-corrected chi connectivity index (χ2v) is 6.56. The molecule has 1 aliphatic heterocycles. The molecule has 2 atom stereocenters. The van der Waals surface area contributed by atoms with Crippen LogP contribution >= 0.6 is 0 Å². The Kier molecular flexibility index (Phi) is 3.91. The largest absolute Gasteiger partial charge is 0.444 e. The molecule has 1 aliphatic carbocycles. The molecule has 112 valence electrons. The topological polar surface area (TPSA) is 66.8 Å². The van der Waals surface area contributed by atoms with Gasteiger partial charge in [-0.3, -0.25) is 4.79 Å². The van der Waals surface area contributed by atoms with Gasteiger partial charge in [0.15, 0.2) is 5.78 Å². The van der Waals surface area contributed by atoms with E-state index in [4.69, 9.17) is 4.74 Å². The molecule has 0 aromatic carbocycles. The highest BCUT2D eigenvalue weighted by atomic mass is 16.6. The Labute approximate surface area is 119 Å². The molecule has 5 nitrogen and oxygen atoms in total. The number of carbonyl (C=O) groups excluding carboxylic acids is 2. The maximum Gasteiger partial charge on any atom is 0.410 e. The molecule has 0 saturated carbocycles. The minimum Gasteiger partial charge on any atom is -0.444 e. The van der Waals surface area contributed by atoms with E-state index in [9.17, 15) is 14.7 Å². The van der Waals surface area contributed by atoms with Crippen LogP contribution in [0.25, 0.3) is 0 Å². The van der Waals surface area contributed by atoms with E-state index in [1.54, 1.807) is 26.8 Å². The van der Waals surface area contributed by atoms with Crippen molar-refractivity contribution in [2.24, 2.45) is 0 Å². The van der Waals surface area contributed by atoms with Gasteiger partial charge < -0.3 is 14.7 Å². The zero-order valence-electron chi connectivity index (χ0n) is 12.4. The average Bonchev–Trinajstić information content (AvgIpc) is 2.80. The lowest BCUT2D eigenvalue weighted by Crippen LogP contribution is -2.57. The van der Waals surface area contributed by atoms with Gasteiger partial charge in [0.25, 0.3) is 0 Å². The zero-order valence-corrected chi connectivity index (χ0v) is 12.4. The van der Waals surface area contributed by atoms with Crippen LogP contribution in [-0.4, -0.2) is 45.7 Å². The smallest absolute Gasteiger partial charge is 0.410 e. The standard InChI is InChI=1S/C15H23NO4/c1-14(2,3)20-13(18)16-10-6-7-11(16)15(19)9-5-4-8-12(15)17/h4,8,11,19H,5-7,9-10H2,1-3H3/t11-,15-/m1/s1. The van der Waals surface area contributed by atoms with E-state index in [1.165, 1.54) is 11.0 Å². The van der Waals surface area contributed by atoms with E-state index in [2.05, 4.69) is 0 Å². The third kappa shape index (κ3) is 2.87. The van der Waals surface area contributed by atoms with Crippen LogP contribution < -0.4 is 0 Å². The minimum absolute atomic E-state index is 0.302. The average molecular weight is 281 g/mol. The lowest BCUT2D eigenvalue weighted by Gasteiger charge is -2.38. The molecule has 2 aliphatic rings. The van der Waals surface area contributed by atoms with Crippen LogP contribution in [0.15, 0.2) is 12.2 Å². The Morgan fingerprint density at radius 1 is 1.50 bits per heavy atom. The minimum atomic E-state index is -1.46. The first-order valence-corrected chi connectivity index (χ1v) is 7.17. The maximum atomic E-state index is 12.2. The second-order valence-electron chi connectivity index (χ2n) is 6.56. The van der Waals surface area contributed by atoms with Crippen LogP contribution in [0.4, 0.5) is 4.79 Å². The summed E-state index contributed by atoms with van der Waals surface area (Å²) < 4.78 is 5.37. The van der Waals surface area contributed by atoms with Gasteiger partial charge in [0.2, 0.25) is 0 Å².